The van der Waals surface area contributed by atoms with Crippen LogP contribution in [0, 0.1) is 25.2 Å². The lowest BCUT2D eigenvalue weighted by Crippen LogP contribution is -2.20. The van der Waals surface area contributed by atoms with E-state index in [0.717, 1.165) is 17.0 Å². The molecule has 1 unspecified atom stereocenters. The normalized spacial score (nSPS) is 12.1. The Hall–Kier alpha value is -2.12. The zero-order valence-electron chi connectivity index (χ0n) is 11.2. The maximum Gasteiger partial charge on any atom is 0.208 e. The van der Waals surface area contributed by atoms with Gasteiger partial charge in [-0.25, -0.2) is 4.98 Å². The molecule has 0 amide bonds. The summed E-state index contributed by atoms with van der Waals surface area (Å²) in [4.78, 5) is 4.32. The van der Waals surface area contributed by atoms with Crippen LogP contribution in [0.25, 0.3) is 0 Å². The second-order valence-corrected chi connectivity index (χ2v) is 4.46. The Morgan fingerprint density at radius 2 is 2.05 bits per heavy atom. The van der Waals surface area contributed by atoms with Gasteiger partial charge in [0, 0.05) is 6.04 Å². The summed E-state index contributed by atoms with van der Waals surface area (Å²) in [6.07, 6.45) is 0.419. The van der Waals surface area contributed by atoms with Crippen LogP contribution >= 0.6 is 0 Å². The molecule has 2 rings (SSSR count). The first-order valence-corrected chi connectivity index (χ1v) is 6.29. The Morgan fingerprint density at radius 3 is 2.63 bits per heavy atom. The average Bonchev–Trinajstić information content (AvgIpc) is 2.75. The van der Waals surface area contributed by atoms with E-state index in [1.165, 1.54) is 0 Å². The SMILES string of the molecule is Cc1nc(CNC(CC#N)c2ccccc2)oc1C. The van der Waals surface area contributed by atoms with Crippen LogP contribution in [-0.4, -0.2) is 4.98 Å². The van der Waals surface area contributed by atoms with E-state index < -0.39 is 0 Å². The zero-order chi connectivity index (χ0) is 13.7. The van der Waals surface area contributed by atoms with Crippen LogP contribution in [0.3, 0.4) is 0 Å². The molecule has 98 valence electrons. The molecule has 1 aromatic heterocycles. The molecular formula is C15H17N3O. The van der Waals surface area contributed by atoms with E-state index in [0.29, 0.717) is 18.9 Å². The first-order chi connectivity index (χ1) is 9.20. The van der Waals surface area contributed by atoms with Crippen LogP contribution in [0.1, 0.15) is 35.4 Å². The second-order valence-electron chi connectivity index (χ2n) is 4.46. The van der Waals surface area contributed by atoms with Crippen molar-refractivity contribution in [1.82, 2.24) is 10.3 Å². The van der Waals surface area contributed by atoms with Gasteiger partial charge in [-0.1, -0.05) is 30.3 Å². The Bertz CT molecular complexity index is 549. The van der Waals surface area contributed by atoms with Gasteiger partial charge in [-0.3, -0.25) is 0 Å². The third kappa shape index (κ3) is 3.43. The van der Waals surface area contributed by atoms with Gasteiger partial charge in [0.15, 0.2) is 0 Å². The summed E-state index contributed by atoms with van der Waals surface area (Å²) in [7, 11) is 0. The van der Waals surface area contributed by atoms with Crippen molar-refractivity contribution in [2.75, 3.05) is 0 Å². The highest BCUT2D eigenvalue weighted by atomic mass is 16.4. The van der Waals surface area contributed by atoms with Crippen molar-refractivity contribution in [3.63, 3.8) is 0 Å². The Balaban J connectivity index is 2.04. The van der Waals surface area contributed by atoms with E-state index in [9.17, 15) is 0 Å². The number of hydrogen-bond donors (Lipinski definition) is 1. The van der Waals surface area contributed by atoms with Crippen molar-refractivity contribution < 1.29 is 4.42 Å². The van der Waals surface area contributed by atoms with E-state index in [1.54, 1.807) is 0 Å². The summed E-state index contributed by atoms with van der Waals surface area (Å²) < 4.78 is 5.52. The van der Waals surface area contributed by atoms with Gasteiger partial charge < -0.3 is 9.73 Å². The third-order valence-electron chi connectivity index (χ3n) is 3.07. The van der Waals surface area contributed by atoms with E-state index in [1.807, 2.05) is 44.2 Å². The fourth-order valence-electron chi connectivity index (χ4n) is 1.91. The first-order valence-electron chi connectivity index (χ1n) is 6.29. The molecule has 4 heteroatoms. The summed E-state index contributed by atoms with van der Waals surface area (Å²) in [6, 6.07) is 12.1. The second kappa shape index (κ2) is 6.17. The molecule has 0 spiro atoms. The molecule has 0 saturated heterocycles. The third-order valence-corrected chi connectivity index (χ3v) is 3.07. The number of aryl methyl sites for hydroxylation is 2. The van der Waals surface area contributed by atoms with Gasteiger partial charge in [0.1, 0.15) is 5.76 Å². The van der Waals surface area contributed by atoms with Crippen molar-refractivity contribution in [1.29, 1.82) is 5.26 Å². The highest BCUT2D eigenvalue weighted by Gasteiger charge is 2.12. The molecule has 4 nitrogen and oxygen atoms in total. The predicted octanol–water partition coefficient (Wildman–Crippen LogP) is 3.04. The number of rotatable bonds is 5. The van der Waals surface area contributed by atoms with E-state index >= 15 is 0 Å². The number of nitrogens with one attached hydrogen (secondary N) is 1. The molecule has 0 aliphatic rings. The fourth-order valence-corrected chi connectivity index (χ4v) is 1.91. The summed E-state index contributed by atoms with van der Waals surface area (Å²) >= 11 is 0. The lowest BCUT2D eigenvalue weighted by atomic mass is 10.0. The van der Waals surface area contributed by atoms with Crippen LogP contribution in [0.4, 0.5) is 0 Å². The van der Waals surface area contributed by atoms with E-state index in [-0.39, 0.29) is 6.04 Å². The van der Waals surface area contributed by atoms with Gasteiger partial charge >= 0.3 is 0 Å². The molecule has 2 aromatic rings. The lowest BCUT2D eigenvalue weighted by Gasteiger charge is -2.14. The summed E-state index contributed by atoms with van der Waals surface area (Å²) in [5, 5.41) is 12.2. The Kier molecular flexibility index (Phi) is 4.32. The predicted molar refractivity (Wildman–Crippen MR) is 72.2 cm³/mol. The zero-order valence-corrected chi connectivity index (χ0v) is 11.2. The van der Waals surface area contributed by atoms with Crippen LogP contribution in [-0.2, 0) is 6.54 Å². The van der Waals surface area contributed by atoms with Crippen molar-refractivity contribution in [3.8, 4) is 6.07 Å². The summed E-state index contributed by atoms with van der Waals surface area (Å²) in [6.45, 7) is 4.35. The average molecular weight is 255 g/mol. The Morgan fingerprint density at radius 1 is 1.32 bits per heavy atom. The maximum absolute atomic E-state index is 8.91. The molecule has 19 heavy (non-hydrogen) atoms. The monoisotopic (exact) mass is 255 g/mol. The van der Waals surface area contributed by atoms with Gasteiger partial charge in [0.2, 0.25) is 5.89 Å². The van der Waals surface area contributed by atoms with Gasteiger partial charge in [0.05, 0.1) is 24.7 Å². The van der Waals surface area contributed by atoms with Crippen LogP contribution in [0.15, 0.2) is 34.7 Å². The number of oxazole rings is 1. The van der Waals surface area contributed by atoms with Crippen molar-refractivity contribution in [2.24, 2.45) is 0 Å². The van der Waals surface area contributed by atoms with Crippen LogP contribution in [0.5, 0.6) is 0 Å². The van der Waals surface area contributed by atoms with Crippen molar-refractivity contribution in [3.05, 3.63) is 53.2 Å². The van der Waals surface area contributed by atoms with Gasteiger partial charge in [-0.15, -0.1) is 0 Å². The largest absolute Gasteiger partial charge is 0.444 e. The molecular weight excluding hydrogens is 238 g/mol. The molecule has 1 aromatic carbocycles. The Labute approximate surface area is 113 Å². The number of hydrogen-bond acceptors (Lipinski definition) is 4. The number of aromatic nitrogens is 1. The van der Waals surface area contributed by atoms with Gasteiger partial charge in [-0.05, 0) is 19.4 Å². The standard InChI is InChI=1S/C15H17N3O/c1-11-12(2)19-15(18-11)10-17-14(8-9-16)13-6-4-3-5-7-13/h3-7,14,17H,8,10H2,1-2H3. The molecule has 1 atom stereocenters. The quantitative estimate of drug-likeness (QED) is 0.892. The first kappa shape index (κ1) is 13.3. The van der Waals surface area contributed by atoms with Crippen LogP contribution < -0.4 is 5.32 Å². The number of benzene rings is 1. The van der Waals surface area contributed by atoms with Crippen molar-refractivity contribution in [2.45, 2.75) is 32.9 Å². The maximum atomic E-state index is 8.91. The molecule has 0 bridgehead atoms. The molecule has 1 heterocycles. The minimum atomic E-state index is -0.00119. The smallest absolute Gasteiger partial charge is 0.208 e. The number of nitriles is 1. The topological polar surface area (TPSA) is 61.9 Å². The minimum absolute atomic E-state index is 0.00119. The molecule has 0 saturated carbocycles. The summed E-state index contributed by atoms with van der Waals surface area (Å²) in [5.41, 5.74) is 2.01. The molecule has 0 fully saturated rings. The summed E-state index contributed by atoms with van der Waals surface area (Å²) in [5.74, 6) is 1.50. The minimum Gasteiger partial charge on any atom is -0.444 e. The van der Waals surface area contributed by atoms with Gasteiger partial charge in [-0.2, -0.15) is 5.26 Å². The van der Waals surface area contributed by atoms with Crippen LogP contribution in [0.2, 0.25) is 0 Å². The molecule has 1 N–H and O–H groups in total. The lowest BCUT2D eigenvalue weighted by molar-refractivity contribution is 0.425. The number of nitrogens with zero attached hydrogens (tertiary/aromatic N) is 2. The van der Waals surface area contributed by atoms with E-state index in [2.05, 4.69) is 16.4 Å². The highest BCUT2D eigenvalue weighted by molar-refractivity contribution is 5.20. The molecule has 0 aliphatic carbocycles. The van der Waals surface area contributed by atoms with E-state index in [4.69, 9.17) is 9.68 Å². The fraction of sp³-hybridized carbons (Fsp3) is 0.333. The molecule has 0 radical (unpaired) electrons. The highest BCUT2D eigenvalue weighted by Crippen LogP contribution is 2.17. The van der Waals surface area contributed by atoms with Gasteiger partial charge in [0.25, 0.3) is 0 Å². The van der Waals surface area contributed by atoms with Crippen molar-refractivity contribution >= 4 is 0 Å². The molecule has 0 aliphatic heterocycles.